The molecule has 3 heterocycles. The second-order valence-electron chi connectivity index (χ2n) is 13.9. The van der Waals surface area contributed by atoms with Crippen LogP contribution in [0.5, 0.6) is 5.75 Å². The molecule has 2 aromatic rings. The molecular formula is C38H48BFN2O5. The van der Waals surface area contributed by atoms with E-state index in [0.717, 1.165) is 69.3 Å². The molecular weight excluding hydrogens is 594 g/mol. The molecule has 47 heavy (non-hydrogen) atoms. The van der Waals surface area contributed by atoms with E-state index in [4.69, 9.17) is 4.65 Å². The van der Waals surface area contributed by atoms with Crippen molar-refractivity contribution in [3.05, 3.63) is 82.2 Å². The van der Waals surface area contributed by atoms with Crippen LogP contribution in [-0.2, 0) is 20.8 Å². The zero-order chi connectivity index (χ0) is 33.1. The summed E-state index contributed by atoms with van der Waals surface area (Å²) in [6.45, 7) is 6.81. The first kappa shape index (κ1) is 33.6. The van der Waals surface area contributed by atoms with Crippen LogP contribution in [0.2, 0.25) is 6.32 Å². The van der Waals surface area contributed by atoms with Gasteiger partial charge in [0.25, 0.3) is 0 Å². The monoisotopic (exact) mass is 642 g/mol. The van der Waals surface area contributed by atoms with Gasteiger partial charge in [0, 0.05) is 25.7 Å². The zero-order valence-electron chi connectivity index (χ0n) is 27.7. The molecule has 9 heteroatoms. The Balaban J connectivity index is 1.19. The normalized spacial score (nSPS) is 25.8. The summed E-state index contributed by atoms with van der Waals surface area (Å²) in [7, 11) is -1.00. The van der Waals surface area contributed by atoms with Gasteiger partial charge in [0.15, 0.2) is 11.6 Å². The topological polar surface area (TPSA) is 90.3 Å². The predicted molar refractivity (Wildman–Crippen MR) is 181 cm³/mol. The third kappa shape index (κ3) is 7.27. The second-order valence-corrected chi connectivity index (χ2v) is 13.9. The van der Waals surface area contributed by atoms with Crippen molar-refractivity contribution in [2.24, 2.45) is 17.8 Å². The molecule has 2 aromatic carbocycles. The van der Waals surface area contributed by atoms with E-state index in [0.29, 0.717) is 31.1 Å². The van der Waals surface area contributed by atoms with Crippen molar-refractivity contribution in [2.45, 2.75) is 96.6 Å². The van der Waals surface area contributed by atoms with E-state index in [1.165, 1.54) is 23.3 Å². The number of halogens is 1. The number of carbonyl (C=O) groups excluding carboxylic acids is 2. The van der Waals surface area contributed by atoms with Gasteiger partial charge in [-0.1, -0.05) is 80.3 Å². The van der Waals surface area contributed by atoms with Crippen LogP contribution in [0, 0.1) is 23.6 Å². The summed E-state index contributed by atoms with van der Waals surface area (Å²) in [6, 6.07) is 14.7. The fourth-order valence-corrected chi connectivity index (χ4v) is 8.62. The van der Waals surface area contributed by atoms with Gasteiger partial charge in [-0.25, -0.2) is 4.39 Å². The number of imide groups is 1. The number of rotatable bonds is 11. The number of phenols is 1. The Labute approximate surface area is 278 Å². The average molecular weight is 643 g/mol. The van der Waals surface area contributed by atoms with Crippen LogP contribution < -0.4 is 0 Å². The molecule has 3 saturated heterocycles. The van der Waals surface area contributed by atoms with Gasteiger partial charge in [-0.05, 0) is 86.0 Å². The Morgan fingerprint density at radius 1 is 1.02 bits per heavy atom. The molecule has 0 unspecified atom stereocenters. The van der Waals surface area contributed by atoms with Crippen molar-refractivity contribution in [1.82, 2.24) is 9.80 Å². The van der Waals surface area contributed by atoms with Gasteiger partial charge in [0.1, 0.15) is 0 Å². The first-order valence-corrected chi connectivity index (χ1v) is 17.6. The number of fused-ring (bicyclic) bond motifs is 3. The smallest absolute Gasteiger partial charge is 0.455 e. The Bertz CT molecular complexity index is 1500. The van der Waals surface area contributed by atoms with Crippen molar-refractivity contribution in [3.8, 4) is 5.75 Å². The molecule has 250 valence electrons. The Kier molecular flexibility index (Phi) is 10.6. The quantitative estimate of drug-likeness (QED) is 0.160. The number of hydrogen-bond acceptors (Lipinski definition) is 6. The van der Waals surface area contributed by atoms with Crippen LogP contribution in [-0.4, -0.2) is 64.1 Å². The van der Waals surface area contributed by atoms with E-state index in [-0.39, 0.29) is 41.5 Å². The molecule has 6 rings (SSSR count). The molecule has 7 nitrogen and oxygen atoms in total. The van der Waals surface area contributed by atoms with E-state index >= 15 is 0 Å². The molecule has 0 spiro atoms. The van der Waals surface area contributed by atoms with Gasteiger partial charge < -0.3 is 14.8 Å². The number of benzene rings is 2. The largest absolute Gasteiger partial charge is 0.505 e. The maximum atomic E-state index is 14.2. The molecule has 4 aliphatic rings. The Morgan fingerprint density at radius 2 is 1.79 bits per heavy atom. The molecule has 0 saturated carbocycles. The van der Waals surface area contributed by atoms with Crippen LogP contribution in [0.15, 0.2) is 65.3 Å². The lowest BCUT2D eigenvalue weighted by atomic mass is 9.58. The summed E-state index contributed by atoms with van der Waals surface area (Å²) in [6.07, 6.45) is 8.95. The van der Waals surface area contributed by atoms with E-state index in [1.807, 2.05) is 12.1 Å². The number of nitrogens with zero attached hydrogens (tertiary/aromatic N) is 2. The highest BCUT2D eigenvalue weighted by Crippen LogP contribution is 2.52. The van der Waals surface area contributed by atoms with Gasteiger partial charge >= 0.3 is 7.12 Å². The fraction of sp³-hybridized carbons (Fsp3) is 0.526. The van der Waals surface area contributed by atoms with Crippen LogP contribution in [0.25, 0.3) is 6.08 Å². The summed E-state index contributed by atoms with van der Waals surface area (Å²) in [5.74, 6) is -2.14. The summed E-state index contributed by atoms with van der Waals surface area (Å²) >= 11 is 0. The van der Waals surface area contributed by atoms with Gasteiger partial charge in [0.05, 0.1) is 17.9 Å². The lowest BCUT2D eigenvalue weighted by molar-refractivity contribution is -0.144. The average Bonchev–Trinajstić information content (AvgIpc) is 3.31. The molecule has 4 atom stereocenters. The number of carbonyl (C=O) groups is 2. The van der Waals surface area contributed by atoms with Crippen LogP contribution in [0.1, 0.15) is 82.8 Å². The minimum Gasteiger partial charge on any atom is -0.505 e. The number of piperidine rings is 1. The first-order valence-electron chi connectivity index (χ1n) is 17.6. The predicted octanol–water partition coefficient (Wildman–Crippen LogP) is 6.76. The van der Waals surface area contributed by atoms with E-state index in [9.17, 15) is 24.1 Å². The summed E-state index contributed by atoms with van der Waals surface area (Å²) < 4.78 is 20.3. The zero-order valence-corrected chi connectivity index (χ0v) is 27.7. The molecule has 1 aliphatic carbocycles. The van der Waals surface area contributed by atoms with Crippen LogP contribution >= 0.6 is 0 Å². The summed E-state index contributed by atoms with van der Waals surface area (Å²) in [5.41, 5.74) is 5.45. The second kappa shape index (κ2) is 14.9. The number of aromatic hydroxyl groups is 1. The Hall–Kier alpha value is -3.27. The van der Waals surface area contributed by atoms with Crippen LogP contribution in [0.3, 0.4) is 0 Å². The molecule has 2 amide bonds. The number of allylic oxidation sites excluding steroid dienone is 2. The molecule has 3 aliphatic heterocycles. The number of phenolic OH excluding ortho intramolecular Hbond substituents is 1. The lowest BCUT2D eigenvalue weighted by Crippen LogP contribution is -2.48. The highest BCUT2D eigenvalue weighted by Gasteiger charge is 2.58. The molecule has 0 aromatic heterocycles. The molecule has 2 N–H and O–H groups in total. The lowest BCUT2D eigenvalue weighted by Gasteiger charge is -2.43. The van der Waals surface area contributed by atoms with Crippen molar-refractivity contribution < 1.29 is 28.8 Å². The number of likely N-dealkylation sites (tertiary alicyclic amines) is 2. The summed E-state index contributed by atoms with van der Waals surface area (Å²) in [5, 5.41) is 20.6. The van der Waals surface area contributed by atoms with Crippen LogP contribution in [0.4, 0.5) is 4.39 Å². The minimum atomic E-state index is -1.00. The van der Waals surface area contributed by atoms with Crippen molar-refractivity contribution in [2.75, 3.05) is 13.1 Å². The number of hydrogen-bond donors (Lipinski definition) is 2. The standard InChI is InChI=1S/C38H48BFN2O5/c1-3-8-25(20-27-12-14-33(43)32(40)21-27)13-15-34-35-28(9-4-2)22-30-36(31(35)23-39(46)47-34)38(45)42(37(30)44)29-16-18-41(19-17-29)24-26-10-6-5-7-11-26/h5-7,10-12,14,20-21,29-31,34,36,43,46H,3-4,8-9,13,15-19,22-24H2,1-2H3/b25-20+/t30-,31+,34-,36-/m1/s1. The van der Waals surface area contributed by atoms with Gasteiger partial charge in [-0.15, -0.1) is 0 Å². The highest BCUT2D eigenvalue weighted by molar-refractivity contribution is 6.43. The van der Waals surface area contributed by atoms with Crippen molar-refractivity contribution in [3.63, 3.8) is 0 Å². The summed E-state index contributed by atoms with van der Waals surface area (Å²) in [4.78, 5) is 32.3. The molecule has 3 fully saturated rings. The maximum Gasteiger partial charge on any atom is 0.455 e. The first-order chi connectivity index (χ1) is 22.8. The van der Waals surface area contributed by atoms with Crippen molar-refractivity contribution in [1.29, 1.82) is 0 Å². The third-order valence-corrected chi connectivity index (χ3v) is 10.7. The van der Waals surface area contributed by atoms with Gasteiger partial charge in [0.2, 0.25) is 11.8 Å². The SMILES string of the molecule is CCCC1=C2[C@@H](CC/C(=C/c3ccc(O)c(F)c3)CCC)OB(O)C[C@@H]2[C@@H]2C(=O)N(C3CCN(Cc4ccccc4)CC3)C(=O)[C@@H]2C1. The van der Waals surface area contributed by atoms with E-state index in [1.54, 1.807) is 11.0 Å². The highest BCUT2D eigenvalue weighted by atomic mass is 19.1. The molecule has 0 radical (unpaired) electrons. The molecule has 0 bridgehead atoms. The van der Waals surface area contributed by atoms with Crippen molar-refractivity contribution >= 4 is 25.0 Å². The van der Waals surface area contributed by atoms with E-state index < -0.39 is 18.9 Å². The number of amides is 2. The third-order valence-electron chi connectivity index (χ3n) is 10.7. The van der Waals surface area contributed by atoms with Gasteiger partial charge in [-0.3, -0.25) is 19.4 Å². The Morgan fingerprint density at radius 3 is 2.49 bits per heavy atom. The van der Waals surface area contributed by atoms with Gasteiger partial charge in [-0.2, -0.15) is 0 Å². The fourth-order valence-electron chi connectivity index (χ4n) is 8.62. The van der Waals surface area contributed by atoms with E-state index in [2.05, 4.69) is 43.0 Å². The minimum absolute atomic E-state index is 0.0269. The maximum absolute atomic E-state index is 14.2.